The highest BCUT2D eigenvalue weighted by Gasteiger charge is 2.28. The number of carbonyl (C=O) groups is 1. The molecular formula is C25H37N5O2. The zero-order valence-corrected chi connectivity index (χ0v) is 19.7. The van der Waals surface area contributed by atoms with Crippen molar-refractivity contribution >= 4 is 5.91 Å². The number of piperidine rings is 1. The third-order valence-electron chi connectivity index (χ3n) is 7.08. The SMILES string of the molecule is Cc1noc(C)c1CN1CCN(C(C)C(=O)NC2CCN(Cc3ccccc3)CC2)CC1. The lowest BCUT2D eigenvalue weighted by molar-refractivity contribution is -0.127. The number of aryl methyl sites for hydroxylation is 2. The number of nitrogens with zero attached hydrogens (tertiary/aromatic N) is 4. The molecule has 174 valence electrons. The van der Waals surface area contributed by atoms with Gasteiger partial charge in [-0.2, -0.15) is 0 Å². The van der Waals surface area contributed by atoms with Gasteiger partial charge in [0.1, 0.15) is 5.76 Å². The maximum atomic E-state index is 12.9. The first kappa shape index (κ1) is 23.0. The summed E-state index contributed by atoms with van der Waals surface area (Å²) in [4.78, 5) is 20.1. The molecule has 2 aromatic rings. The second-order valence-corrected chi connectivity index (χ2v) is 9.34. The molecule has 1 unspecified atom stereocenters. The average molecular weight is 440 g/mol. The van der Waals surface area contributed by atoms with Crippen LogP contribution in [0.4, 0.5) is 0 Å². The van der Waals surface area contributed by atoms with E-state index in [0.717, 1.165) is 76.7 Å². The van der Waals surface area contributed by atoms with Gasteiger partial charge in [-0.3, -0.25) is 19.5 Å². The van der Waals surface area contributed by atoms with E-state index in [1.54, 1.807) is 0 Å². The molecule has 1 aromatic heterocycles. The van der Waals surface area contributed by atoms with E-state index in [1.807, 2.05) is 20.8 Å². The normalized spacial score (nSPS) is 20.3. The van der Waals surface area contributed by atoms with E-state index in [4.69, 9.17) is 4.52 Å². The largest absolute Gasteiger partial charge is 0.361 e. The molecule has 1 amide bonds. The van der Waals surface area contributed by atoms with Crippen molar-refractivity contribution in [3.63, 3.8) is 0 Å². The van der Waals surface area contributed by atoms with E-state index in [0.29, 0.717) is 0 Å². The number of hydrogen-bond acceptors (Lipinski definition) is 6. The molecule has 4 rings (SSSR count). The first-order chi connectivity index (χ1) is 15.5. The number of benzene rings is 1. The lowest BCUT2D eigenvalue weighted by atomic mass is 10.0. The third kappa shape index (κ3) is 5.77. The van der Waals surface area contributed by atoms with Gasteiger partial charge < -0.3 is 9.84 Å². The summed E-state index contributed by atoms with van der Waals surface area (Å²) >= 11 is 0. The van der Waals surface area contributed by atoms with Crippen LogP contribution in [-0.4, -0.2) is 77.1 Å². The molecular weight excluding hydrogens is 402 g/mol. The molecule has 0 spiro atoms. The van der Waals surface area contributed by atoms with E-state index < -0.39 is 0 Å². The highest BCUT2D eigenvalue weighted by Crippen LogP contribution is 2.18. The molecule has 2 aliphatic rings. The first-order valence-electron chi connectivity index (χ1n) is 11.9. The minimum Gasteiger partial charge on any atom is -0.361 e. The Morgan fingerprint density at radius 3 is 2.31 bits per heavy atom. The number of carbonyl (C=O) groups excluding carboxylic acids is 1. The molecule has 2 fully saturated rings. The van der Waals surface area contributed by atoms with Crippen molar-refractivity contribution in [2.75, 3.05) is 39.3 Å². The Hall–Kier alpha value is -2.22. The van der Waals surface area contributed by atoms with E-state index in [2.05, 4.69) is 55.5 Å². The fraction of sp³-hybridized carbons (Fsp3) is 0.600. The highest BCUT2D eigenvalue weighted by atomic mass is 16.5. The number of aromatic nitrogens is 1. The number of likely N-dealkylation sites (tertiary alicyclic amines) is 1. The van der Waals surface area contributed by atoms with Crippen LogP contribution in [0.1, 0.15) is 42.3 Å². The smallest absolute Gasteiger partial charge is 0.237 e. The van der Waals surface area contributed by atoms with Gasteiger partial charge in [0.15, 0.2) is 0 Å². The van der Waals surface area contributed by atoms with Crippen LogP contribution < -0.4 is 5.32 Å². The van der Waals surface area contributed by atoms with Crippen molar-refractivity contribution in [3.8, 4) is 0 Å². The Morgan fingerprint density at radius 2 is 1.69 bits per heavy atom. The monoisotopic (exact) mass is 439 g/mol. The minimum atomic E-state index is -0.0847. The maximum Gasteiger partial charge on any atom is 0.237 e. The lowest BCUT2D eigenvalue weighted by Gasteiger charge is -2.38. The molecule has 2 saturated heterocycles. The van der Waals surface area contributed by atoms with Gasteiger partial charge in [0, 0.05) is 64.0 Å². The molecule has 0 saturated carbocycles. The molecule has 0 bridgehead atoms. The second-order valence-electron chi connectivity index (χ2n) is 9.34. The summed E-state index contributed by atoms with van der Waals surface area (Å²) in [5.74, 6) is 1.08. The first-order valence-corrected chi connectivity index (χ1v) is 11.9. The average Bonchev–Trinajstić information content (AvgIpc) is 3.13. The van der Waals surface area contributed by atoms with Crippen molar-refractivity contribution in [2.45, 2.75) is 58.8 Å². The summed E-state index contributed by atoms with van der Waals surface area (Å²) in [6, 6.07) is 10.8. The molecule has 7 nitrogen and oxygen atoms in total. The van der Waals surface area contributed by atoms with Gasteiger partial charge >= 0.3 is 0 Å². The predicted molar refractivity (Wildman–Crippen MR) is 125 cm³/mol. The van der Waals surface area contributed by atoms with Gasteiger partial charge in [-0.25, -0.2) is 0 Å². The molecule has 7 heteroatoms. The van der Waals surface area contributed by atoms with Crippen LogP contribution in [0, 0.1) is 13.8 Å². The van der Waals surface area contributed by atoms with Gasteiger partial charge in [-0.05, 0) is 39.2 Å². The summed E-state index contributed by atoms with van der Waals surface area (Å²) in [5, 5.41) is 7.38. The lowest BCUT2D eigenvalue weighted by Crippen LogP contribution is -2.55. The van der Waals surface area contributed by atoms with Gasteiger partial charge in [0.25, 0.3) is 0 Å². The molecule has 1 atom stereocenters. The topological polar surface area (TPSA) is 64.9 Å². The number of hydrogen-bond donors (Lipinski definition) is 1. The highest BCUT2D eigenvalue weighted by molar-refractivity contribution is 5.81. The Labute approximate surface area is 191 Å². The molecule has 1 aromatic carbocycles. The summed E-state index contributed by atoms with van der Waals surface area (Å²) in [6.07, 6.45) is 2.05. The fourth-order valence-corrected chi connectivity index (χ4v) is 4.82. The minimum absolute atomic E-state index is 0.0847. The summed E-state index contributed by atoms with van der Waals surface area (Å²) in [7, 11) is 0. The Balaban J connectivity index is 1.18. The van der Waals surface area contributed by atoms with E-state index in [1.165, 1.54) is 11.1 Å². The summed E-state index contributed by atoms with van der Waals surface area (Å²) in [5.41, 5.74) is 3.53. The quantitative estimate of drug-likeness (QED) is 0.715. The van der Waals surface area contributed by atoms with Gasteiger partial charge in [-0.1, -0.05) is 35.5 Å². The Kier molecular flexibility index (Phi) is 7.60. The fourth-order valence-electron chi connectivity index (χ4n) is 4.82. The maximum absolute atomic E-state index is 12.9. The molecule has 1 N–H and O–H groups in total. The summed E-state index contributed by atoms with van der Waals surface area (Å²) < 4.78 is 5.29. The van der Waals surface area contributed by atoms with Crippen LogP contribution in [0.25, 0.3) is 0 Å². The van der Waals surface area contributed by atoms with Gasteiger partial charge in [0.05, 0.1) is 11.7 Å². The van der Waals surface area contributed by atoms with E-state index in [9.17, 15) is 4.79 Å². The predicted octanol–water partition coefficient (Wildman–Crippen LogP) is 2.58. The van der Waals surface area contributed by atoms with Crippen molar-refractivity contribution in [3.05, 3.63) is 52.9 Å². The van der Waals surface area contributed by atoms with Crippen molar-refractivity contribution in [1.82, 2.24) is 25.2 Å². The third-order valence-corrected chi connectivity index (χ3v) is 7.08. The van der Waals surface area contributed by atoms with Crippen LogP contribution in [0.2, 0.25) is 0 Å². The van der Waals surface area contributed by atoms with Crippen LogP contribution in [0.5, 0.6) is 0 Å². The van der Waals surface area contributed by atoms with Gasteiger partial charge in [-0.15, -0.1) is 0 Å². The standard InChI is InChI=1S/C25H37N5O2/c1-19-24(21(3)32-27-19)18-29-13-15-30(16-14-29)20(2)25(31)26-23-9-11-28(12-10-23)17-22-7-5-4-6-8-22/h4-8,20,23H,9-18H2,1-3H3,(H,26,31). The van der Waals surface area contributed by atoms with Gasteiger partial charge in [0.2, 0.25) is 5.91 Å². The molecule has 32 heavy (non-hydrogen) atoms. The number of nitrogens with one attached hydrogen (secondary N) is 1. The second kappa shape index (κ2) is 10.6. The zero-order chi connectivity index (χ0) is 22.5. The van der Waals surface area contributed by atoms with Crippen molar-refractivity contribution in [1.29, 1.82) is 0 Å². The molecule has 0 radical (unpaired) electrons. The zero-order valence-electron chi connectivity index (χ0n) is 19.7. The Bertz CT molecular complexity index is 848. The van der Waals surface area contributed by atoms with Crippen LogP contribution in [0.3, 0.4) is 0 Å². The molecule has 0 aliphatic carbocycles. The van der Waals surface area contributed by atoms with Crippen molar-refractivity contribution < 1.29 is 9.32 Å². The molecule has 3 heterocycles. The molecule has 2 aliphatic heterocycles. The number of piperazine rings is 1. The van der Waals surface area contributed by atoms with Crippen molar-refractivity contribution in [2.24, 2.45) is 0 Å². The number of amides is 1. The van der Waals surface area contributed by atoms with E-state index >= 15 is 0 Å². The van der Waals surface area contributed by atoms with Crippen LogP contribution in [-0.2, 0) is 17.9 Å². The Morgan fingerprint density at radius 1 is 1.03 bits per heavy atom. The van der Waals surface area contributed by atoms with Crippen LogP contribution in [0.15, 0.2) is 34.9 Å². The summed E-state index contributed by atoms with van der Waals surface area (Å²) in [6.45, 7) is 13.7. The van der Waals surface area contributed by atoms with E-state index in [-0.39, 0.29) is 18.0 Å². The van der Waals surface area contributed by atoms with Crippen LogP contribution >= 0.6 is 0 Å². The number of rotatable bonds is 7.